The molecular formula is C11H17N3. The standard InChI is InChI=1S/C11H17N3/c1-12-10-5-3-2-4-9(10)11-8-13-6-7-14-11/h6-10,12H,2-5H2,1H3. The molecular weight excluding hydrogens is 174 g/mol. The van der Waals surface area contributed by atoms with Gasteiger partial charge in [-0.25, -0.2) is 0 Å². The number of hydrogen-bond acceptors (Lipinski definition) is 3. The lowest BCUT2D eigenvalue weighted by Gasteiger charge is -2.30. The van der Waals surface area contributed by atoms with Crippen LogP contribution in [0.1, 0.15) is 37.3 Å². The van der Waals surface area contributed by atoms with E-state index in [-0.39, 0.29) is 0 Å². The molecule has 1 heterocycles. The summed E-state index contributed by atoms with van der Waals surface area (Å²) in [4.78, 5) is 8.54. The molecule has 1 aliphatic rings. The fourth-order valence-electron chi connectivity index (χ4n) is 2.33. The third-order valence-corrected chi connectivity index (χ3v) is 3.10. The van der Waals surface area contributed by atoms with Crippen LogP contribution in [-0.4, -0.2) is 23.1 Å². The summed E-state index contributed by atoms with van der Waals surface area (Å²) < 4.78 is 0. The SMILES string of the molecule is CNC1CCCCC1c1cnccn1. The maximum atomic E-state index is 4.40. The van der Waals surface area contributed by atoms with Gasteiger partial charge in [-0.1, -0.05) is 12.8 Å². The van der Waals surface area contributed by atoms with Gasteiger partial charge in [0.25, 0.3) is 0 Å². The molecule has 0 amide bonds. The van der Waals surface area contributed by atoms with E-state index in [0.717, 1.165) is 5.69 Å². The van der Waals surface area contributed by atoms with Crippen molar-refractivity contribution in [3.8, 4) is 0 Å². The minimum Gasteiger partial charge on any atom is -0.316 e. The van der Waals surface area contributed by atoms with Gasteiger partial charge in [-0.15, -0.1) is 0 Å². The first-order valence-electron chi connectivity index (χ1n) is 5.35. The van der Waals surface area contributed by atoms with Gasteiger partial charge in [0.05, 0.1) is 5.69 Å². The number of likely N-dealkylation sites (N-methyl/N-ethyl adjacent to an activating group) is 1. The molecule has 0 bridgehead atoms. The highest BCUT2D eigenvalue weighted by Gasteiger charge is 2.25. The van der Waals surface area contributed by atoms with Crippen molar-refractivity contribution < 1.29 is 0 Å². The lowest BCUT2D eigenvalue weighted by Crippen LogP contribution is -2.35. The van der Waals surface area contributed by atoms with E-state index in [1.54, 1.807) is 12.4 Å². The number of aromatic nitrogens is 2. The second-order valence-corrected chi connectivity index (χ2v) is 3.92. The average Bonchev–Trinajstić information content (AvgIpc) is 2.30. The van der Waals surface area contributed by atoms with Crippen molar-refractivity contribution in [2.75, 3.05) is 7.05 Å². The Kier molecular flexibility index (Phi) is 3.09. The van der Waals surface area contributed by atoms with Crippen LogP contribution in [0.15, 0.2) is 18.6 Å². The van der Waals surface area contributed by atoms with Gasteiger partial charge in [0.2, 0.25) is 0 Å². The molecule has 0 radical (unpaired) electrons. The first kappa shape index (κ1) is 9.59. The highest BCUT2D eigenvalue weighted by molar-refractivity contribution is 5.08. The van der Waals surface area contributed by atoms with Gasteiger partial charge < -0.3 is 5.32 Å². The molecule has 3 heteroatoms. The van der Waals surface area contributed by atoms with Gasteiger partial charge in [0.15, 0.2) is 0 Å². The second kappa shape index (κ2) is 4.51. The maximum absolute atomic E-state index is 4.40. The minimum atomic E-state index is 0.558. The molecule has 76 valence electrons. The molecule has 0 aliphatic heterocycles. The van der Waals surface area contributed by atoms with E-state index >= 15 is 0 Å². The third-order valence-electron chi connectivity index (χ3n) is 3.10. The van der Waals surface area contributed by atoms with Gasteiger partial charge in [-0.05, 0) is 19.9 Å². The molecule has 1 fully saturated rings. The minimum absolute atomic E-state index is 0.558. The summed E-state index contributed by atoms with van der Waals surface area (Å²) >= 11 is 0. The van der Waals surface area contributed by atoms with E-state index in [4.69, 9.17) is 0 Å². The summed E-state index contributed by atoms with van der Waals surface area (Å²) in [7, 11) is 2.04. The molecule has 2 rings (SSSR count). The lowest BCUT2D eigenvalue weighted by molar-refractivity contribution is 0.338. The predicted octanol–water partition coefficient (Wildman–Crippen LogP) is 1.72. The largest absolute Gasteiger partial charge is 0.316 e. The van der Waals surface area contributed by atoms with Crippen LogP contribution in [0.3, 0.4) is 0 Å². The maximum Gasteiger partial charge on any atom is 0.0633 e. The quantitative estimate of drug-likeness (QED) is 0.773. The summed E-state index contributed by atoms with van der Waals surface area (Å²) in [5.41, 5.74) is 1.14. The Morgan fingerprint density at radius 2 is 2.14 bits per heavy atom. The monoisotopic (exact) mass is 191 g/mol. The molecule has 0 saturated heterocycles. The second-order valence-electron chi connectivity index (χ2n) is 3.92. The van der Waals surface area contributed by atoms with Gasteiger partial charge in [0.1, 0.15) is 0 Å². The zero-order chi connectivity index (χ0) is 9.80. The Bertz CT molecular complexity index is 273. The highest BCUT2D eigenvalue weighted by Crippen LogP contribution is 2.31. The van der Waals surface area contributed by atoms with Crippen LogP contribution < -0.4 is 5.32 Å². The van der Waals surface area contributed by atoms with E-state index in [2.05, 4.69) is 15.3 Å². The van der Waals surface area contributed by atoms with Gasteiger partial charge in [-0.2, -0.15) is 0 Å². The smallest absolute Gasteiger partial charge is 0.0633 e. The van der Waals surface area contributed by atoms with Crippen LogP contribution >= 0.6 is 0 Å². The third kappa shape index (κ3) is 1.93. The zero-order valence-electron chi connectivity index (χ0n) is 8.61. The summed E-state index contributed by atoms with van der Waals surface area (Å²) in [6.07, 6.45) is 10.6. The molecule has 1 aromatic rings. The Labute approximate surface area is 85.0 Å². The molecule has 0 aromatic carbocycles. The van der Waals surface area contributed by atoms with Crippen molar-refractivity contribution in [3.63, 3.8) is 0 Å². The van der Waals surface area contributed by atoms with Crippen LogP contribution in [0, 0.1) is 0 Å². The molecule has 2 unspecified atom stereocenters. The topological polar surface area (TPSA) is 37.8 Å². The Morgan fingerprint density at radius 3 is 2.86 bits per heavy atom. The Hall–Kier alpha value is -0.960. The first-order valence-corrected chi connectivity index (χ1v) is 5.35. The predicted molar refractivity (Wildman–Crippen MR) is 56.1 cm³/mol. The van der Waals surface area contributed by atoms with Crippen LogP contribution in [-0.2, 0) is 0 Å². The van der Waals surface area contributed by atoms with Crippen molar-refractivity contribution in [1.82, 2.24) is 15.3 Å². The van der Waals surface area contributed by atoms with E-state index in [1.165, 1.54) is 25.7 Å². The molecule has 1 aliphatic carbocycles. The van der Waals surface area contributed by atoms with Crippen molar-refractivity contribution >= 4 is 0 Å². The van der Waals surface area contributed by atoms with Crippen LogP contribution in [0.4, 0.5) is 0 Å². The fraction of sp³-hybridized carbons (Fsp3) is 0.636. The number of hydrogen-bond donors (Lipinski definition) is 1. The molecule has 1 aromatic heterocycles. The van der Waals surface area contributed by atoms with Gasteiger partial charge in [0, 0.05) is 30.6 Å². The van der Waals surface area contributed by atoms with Crippen molar-refractivity contribution in [3.05, 3.63) is 24.3 Å². The Balaban J connectivity index is 2.15. The highest BCUT2D eigenvalue weighted by atomic mass is 14.9. The normalized spacial score (nSPS) is 27.5. The van der Waals surface area contributed by atoms with Gasteiger partial charge >= 0.3 is 0 Å². The van der Waals surface area contributed by atoms with Crippen LogP contribution in [0.2, 0.25) is 0 Å². The fourth-order valence-corrected chi connectivity index (χ4v) is 2.33. The summed E-state index contributed by atoms with van der Waals surface area (Å²) in [5, 5.41) is 3.38. The summed E-state index contributed by atoms with van der Waals surface area (Å²) in [6.45, 7) is 0. The van der Waals surface area contributed by atoms with Crippen LogP contribution in [0.5, 0.6) is 0 Å². The molecule has 0 spiro atoms. The number of rotatable bonds is 2. The van der Waals surface area contributed by atoms with Crippen molar-refractivity contribution in [2.24, 2.45) is 0 Å². The summed E-state index contributed by atoms with van der Waals surface area (Å²) in [6, 6.07) is 0.584. The lowest BCUT2D eigenvalue weighted by atomic mass is 9.82. The summed E-state index contributed by atoms with van der Waals surface area (Å²) in [5.74, 6) is 0.558. The van der Waals surface area contributed by atoms with E-state index in [0.29, 0.717) is 12.0 Å². The number of nitrogens with one attached hydrogen (secondary N) is 1. The molecule has 3 nitrogen and oxygen atoms in total. The number of nitrogens with zero attached hydrogens (tertiary/aromatic N) is 2. The Morgan fingerprint density at radius 1 is 1.29 bits per heavy atom. The van der Waals surface area contributed by atoms with E-state index in [1.807, 2.05) is 13.2 Å². The molecule has 14 heavy (non-hydrogen) atoms. The van der Waals surface area contributed by atoms with Gasteiger partial charge in [-0.3, -0.25) is 9.97 Å². The van der Waals surface area contributed by atoms with Crippen molar-refractivity contribution in [1.29, 1.82) is 0 Å². The molecule has 1 saturated carbocycles. The first-order chi connectivity index (χ1) is 6.92. The van der Waals surface area contributed by atoms with Crippen molar-refractivity contribution in [2.45, 2.75) is 37.6 Å². The van der Waals surface area contributed by atoms with Crippen LogP contribution in [0.25, 0.3) is 0 Å². The zero-order valence-corrected chi connectivity index (χ0v) is 8.61. The molecule has 2 atom stereocenters. The van der Waals surface area contributed by atoms with E-state index in [9.17, 15) is 0 Å². The van der Waals surface area contributed by atoms with E-state index < -0.39 is 0 Å². The average molecular weight is 191 g/mol. The molecule has 1 N–H and O–H groups in total.